The number of esters is 2. The molecule has 0 fully saturated rings. The van der Waals surface area contributed by atoms with Crippen LogP contribution in [-0.4, -0.2) is 44.3 Å². The molecule has 0 spiro atoms. The van der Waals surface area contributed by atoms with E-state index in [-0.39, 0.29) is 11.5 Å². The lowest BCUT2D eigenvalue weighted by atomic mass is 10.1. The van der Waals surface area contributed by atoms with E-state index in [1.54, 1.807) is 24.3 Å². The predicted octanol–water partition coefficient (Wildman–Crippen LogP) is 2.16. The van der Waals surface area contributed by atoms with Crippen LogP contribution in [0, 0.1) is 0 Å². The van der Waals surface area contributed by atoms with E-state index < -0.39 is 24.3 Å². The number of halogens is 1. The van der Waals surface area contributed by atoms with Crippen LogP contribution >= 0.6 is 15.9 Å². The minimum absolute atomic E-state index is 0.109. The van der Waals surface area contributed by atoms with Crippen molar-refractivity contribution in [2.45, 2.75) is 12.4 Å². The molecule has 7 nitrogen and oxygen atoms in total. The minimum Gasteiger partial charge on any atom is -0.463 e. The number of hydrogen-bond donors (Lipinski definition) is 0. The zero-order valence-electron chi connectivity index (χ0n) is 13.4. The Morgan fingerprint density at radius 1 is 1.12 bits per heavy atom. The first-order valence-electron chi connectivity index (χ1n) is 7.12. The second kappa shape index (κ2) is 8.59. The standard InChI is InChI=1S/C17H15BrO7/c1-22-16(21)13-9-14(17(23-2)25-13)24-15(20)8-7-12(19)10-3-5-11(18)6-4-10/h3-9,14,17H,1-2H3/b8-7+/t14-,17-/m1/s1. The molecule has 1 aromatic carbocycles. The van der Waals surface area contributed by atoms with Crippen molar-refractivity contribution in [2.75, 3.05) is 14.2 Å². The molecule has 1 aliphatic heterocycles. The van der Waals surface area contributed by atoms with E-state index in [0.717, 1.165) is 16.6 Å². The molecule has 8 heteroatoms. The van der Waals surface area contributed by atoms with Gasteiger partial charge >= 0.3 is 11.9 Å². The predicted molar refractivity (Wildman–Crippen MR) is 89.5 cm³/mol. The number of rotatable bonds is 6. The summed E-state index contributed by atoms with van der Waals surface area (Å²) in [6.45, 7) is 0. The van der Waals surface area contributed by atoms with Crippen molar-refractivity contribution in [2.24, 2.45) is 0 Å². The van der Waals surface area contributed by atoms with Gasteiger partial charge in [-0.15, -0.1) is 0 Å². The van der Waals surface area contributed by atoms with E-state index in [1.807, 2.05) is 0 Å². The largest absolute Gasteiger partial charge is 0.463 e. The molecule has 2 atom stereocenters. The van der Waals surface area contributed by atoms with E-state index in [1.165, 1.54) is 20.3 Å². The van der Waals surface area contributed by atoms with Crippen LogP contribution in [0.25, 0.3) is 0 Å². The molecular weight excluding hydrogens is 396 g/mol. The average molecular weight is 411 g/mol. The molecule has 0 aliphatic carbocycles. The zero-order valence-corrected chi connectivity index (χ0v) is 15.0. The molecule has 0 aromatic heterocycles. The van der Waals surface area contributed by atoms with Crippen LogP contribution in [0.2, 0.25) is 0 Å². The summed E-state index contributed by atoms with van der Waals surface area (Å²) in [5.41, 5.74) is 0.430. The second-order valence-electron chi connectivity index (χ2n) is 4.85. The molecule has 0 saturated heterocycles. The van der Waals surface area contributed by atoms with Crippen molar-refractivity contribution < 1.29 is 33.3 Å². The second-order valence-corrected chi connectivity index (χ2v) is 5.77. The Kier molecular flexibility index (Phi) is 6.49. The third kappa shape index (κ3) is 5.01. The molecular formula is C17H15BrO7. The van der Waals surface area contributed by atoms with Gasteiger partial charge < -0.3 is 18.9 Å². The van der Waals surface area contributed by atoms with Crippen molar-refractivity contribution in [3.8, 4) is 0 Å². The number of ether oxygens (including phenoxy) is 4. The Morgan fingerprint density at radius 2 is 1.80 bits per heavy atom. The van der Waals surface area contributed by atoms with Crippen LogP contribution in [0.3, 0.4) is 0 Å². The molecule has 0 bridgehead atoms. The molecule has 25 heavy (non-hydrogen) atoms. The van der Waals surface area contributed by atoms with Gasteiger partial charge in [-0.05, 0) is 30.3 Å². The maximum Gasteiger partial charge on any atom is 0.373 e. The highest BCUT2D eigenvalue weighted by Crippen LogP contribution is 2.22. The number of ketones is 1. The third-order valence-electron chi connectivity index (χ3n) is 3.20. The van der Waals surface area contributed by atoms with Gasteiger partial charge in [0.15, 0.2) is 11.9 Å². The van der Waals surface area contributed by atoms with Crippen molar-refractivity contribution in [3.05, 3.63) is 58.3 Å². The molecule has 0 N–H and O–H groups in total. The highest BCUT2D eigenvalue weighted by Gasteiger charge is 2.35. The maximum atomic E-state index is 12.0. The molecule has 1 aliphatic rings. The summed E-state index contributed by atoms with van der Waals surface area (Å²) < 4.78 is 20.7. The summed E-state index contributed by atoms with van der Waals surface area (Å²) in [7, 11) is 2.54. The van der Waals surface area contributed by atoms with Crippen molar-refractivity contribution in [1.82, 2.24) is 0 Å². The number of hydrogen-bond acceptors (Lipinski definition) is 7. The van der Waals surface area contributed by atoms with Crippen LogP contribution in [0.5, 0.6) is 0 Å². The lowest BCUT2D eigenvalue weighted by molar-refractivity contribution is -0.169. The molecule has 132 valence electrons. The fourth-order valence-electron chi connectivity index (χ4n) is 1.98. The van der Waals surface area contributed by atoms with Gasteiger partial charge in [0, 0.05) is 29.3 Å². The Bertz CT molecular complexity index is 721. The maximum absolute atomic E-state index is 12.0. The summed E-state index contributed by atoms with van der Waals surface area (Å²) in [4.78, 5) is 35.3. The fraction of sp³-hybridized carbons (Fsp3) is 0.235. The van der Waals surface area contributed by atoms with Crippen LogP contribution < -0.4 is 0 Å². The summed E-state index contributed by atoms with van der Waals surface area (Å²) in [6.07, 6.45) is 1.49. The van der Waals surface area contributed by atoms with Gasteiger partial charge in [0.1, 0.15) is 0 Å². The van der Waals surface area contributed by atoms with Crippen LogP contribution in [-0.2, 0) is 28.5 Å². The summed E-state index contributed by atoms with van der Waals surface area (Å²) in [6, 6.07) is 6.69. The van der Waals surface area contributed by atoms with Gasteiger partial charge in [-0.25, -0.2) is 9.59 Å². The van der Waals surface area contributed by atoms with E-state index in [0.29, 0.717) is 5.56 Å². The van der Waals surface area contributed by atoms with E-state index in [2.05, 4.69) is 20.7 Å². The summed E-state index contributed by atoms with van der Waals surface area (Å²) in [5.74, 6) is -1.94. The smallest absolute Gasteiger partial charge is 0.373 e. The van der Waals surface area contributed by atoms with E-state index in [9.17, 15) is 14.4 Å². The van der Waals surface area contributed by atoms with Crippen LogP contribution in [0.1, 0.15) is 10.4 Å². The molecule has 2 rings (SSSR count). The number of carbonyl (C=O) groups excluding carboxylic acids is 3. The van der Waals surface area contributed by atoms with Gasteiger partial charge in [0.05, 0.1) is 7.11 Å². The number of allylic oxidation sites excluding steroid dienone is 1. The normalized spacial score (nSPS) is 19.2. The summed E-state index contributed by atoms with van der Waals surface area (Å²) >= 11 is 3.27. The van der Waals surface area contributed by atoms with Crippen molar-refractivity contribution in [1.29, 1.82) is 0 Å². The Hall–Kier alpha value is -2.45. The van der Waals surface area contributed by atoms with Gasteiger partial charge in [-0.2, -0.15) is 0 Å². The van der Waals surface area contributed by atoms with E-state index in [4.69, 9.17) is 14.2 Å². The van der Waals surface area contributed by atoms with Crippen LogP contribution in [0.4, 0.5) is 0 Å². The Balaban J connectivity index is 1.98. The number of methoxy groups -OCH3 is 2. The number of benzene rings is 1. The molecule has 0 radical (unpaired) electrons. The first kappa shape index (κ1) is 18.9. The minimum atomic E-state index is -0.964. The zero-order chi connectivity index (χ0) is 18.4. The molecule has 1 heterocycles. The molecule has 0 unspecified atom stereocenters. The highest BCUT2D eigenvalue weighted by atomic mass is 79.9. The average Bonchev–Trinajstić information content (AvgIpc) is 3.02. The topological polar surface area (TPSA) is 88.1 Å². The lowest BCUT2D eigenvalue weighted by Crippen LogP contribution is -2.28. The molecule has 1 aromatic rings. The number of carbonyl (C=O) groups is 3. The highest BCUT2D eigenvalue weighted by molar-refractivity contribution is 9.10. The summed E-state index contributed by atoms with van der Waals surface area (Å²) in [5, 5.41) is 0. The first-order chi connectivity index (χ1) is 11.9. The SMILES string of the molecule is COC(=O)C1=C[C@@H](OC(=O)/C=C/C(=O)c2ccc(Br)cc2)[C@H](OC)O1. The van der Waals surface area contributed by atoms with Gasteiger partial charge in [-0.1, -0.05) is 15.9 Å². The fourth-order valence-corrected chi connectivity index (χ4v) is 2.24. The molecule has 0 amide bonds. The van der Waals surface area contributed by atoms with Crippen molar-refractivity contribution in [3.63, 3.8) is 0 Å². The quantitative estimate of drug-likeness (QED) is 0.403. The Morgan fingerprint density at radius 3 is 2.40 bits per heavy atom. The van der Waals surface area contributed by atoms with Gasteiger partial charge in [0.2, 0.25) is 12.0 Å². The van der Waals surface area contributed by atoms with Crippen LogP contribution in [0.15, 0.2) is 52.7 Å². The van der Waals surface area contributed by atoms with Gasteiger partial charge in [-0.3, -0.25) is 4.79 Å². The third-order valence-corrected chi connectivity index (χ3v) is 3.73. The molecule has 0 saturated carbocycles. The van der Waals surface area contributed by atoms with Crippen molar-refractivity contribution >= 4 is 33.7 Å². The Labute approximate surface area is 152 Å². The lowest BCUT2D eigenvalue weighted by Gasteiger charge is -2.16. The van der Waals surface area contributed by atoms with E-state index >= 15 is 0 Å². The monoisotopic (exact) mass is 410 g/mol. The first-order valence-corrected chi connectivity index (χ1v) is 7.92. The van der Waals surface area contributed by atoms with Gasteiger partial charge in [0.25, 0.3) is 0 Å².